The Hall–Kier alpha value is -0.120. The van der Waals surface area contributed by atoms with Crippen molar-refractivity contribution < 1.29 is 10.2 Å². The summed E-state index contributed by atoms with van der Waals surface area (Å²) in [4.78, 5) is 0. The standard InChI is InChI=1S/C9H19NO2/c11-7-3-6-10-8-4-1-2-5-9(8)12/h8-12H,1-7H2/t8-,9-/m1/s1. The van der Waals surface area contributed by atoms with E-state index in [-0.39, 0.29) is 18.8 Å². The van der Waals surface area contributed by atoms with Gasteiger partial charge in [-0.25, -0.2) is 0 Å². The quantitative estimate of drug-likeness (QED) is 0.535. The van der Waals surface area contributed by atoms with Crippen molar-refractivity contribution in [2.24, 2.45) is 0 Å². The molecule has 72 valence electrons. The molecule has 1 aliphatic carbocycles. The van der Waals surface area contributed by atoms with Gasteiger partial charge in [-0.3, -0.25) is 0 Å². The van der Waals surface area contributed by atoms with E-state index in [0.29, 0.717) is 0 Å². The molecule has 1 aliphatic rings. The van der Waals surface area contributed by atoms with Crippen LogP contribution in [0.5, 0.6) is 0 Å². The first kappa shape index (κ1) is 9.96. The molecule has 1 rings (SSSR count). The highest BCUT2D eigenvalue weighted by atomic mass is 16.3. The van der Waals surface area contributed by atoms with E-state index >= 15 is 0 Å². The molecule has 1 saturated carbocycles. The molecule has 2 atom stereocenters. The van der Waals surface area contributed by atoms with Gasteiger partial charge >= 0.3 is 0 Å². The average molecular weight is 173 g/mol. The maximum absolute atomic E-state index is 9.54. The Morgan fingerprint density at radius 3 is 2.67 bits per heavy atom. The summed E-state index contributed by atoms with van der Waals surface area (Å²) in [6.07, 6.45) is 4.98. The minimum Gasteiger partial charge on any atom is -0.396 e. The van der Waals surface area contributed by atoms with Crippen molar-refractivity contribution in [3.05, 3.63) is 0 Å². The molecule has 0 radical (unpaired) electrons. The maximum atomic E-state index is 9.54. The van der Waals surface area contributed by atoms with E-state index in [0.717, 1.165) is 32.2 Å². The van der Waals surface area contributed by atoms with Crippen molar-refractivity contribution in [3.63, 3.8) is 0 Å². The molecule has 0 aromatic heterocycles. The van der Waals surface area contributed by atoms with Crippen LogP contribution in [-0.2, 0) is 0 Å². The Labute approximate surface area is 73.8 Å². The second kappa shape index (κ2) is 5.51. The number of hydrogen-bond donors (Lipinski definition) is 3. The van der Waals surface area contributed by atoms with E-state index in [1.54, 1.807) is 0 Å². The van der Waals surface area contributed by atoms with E-state index in [1.165, 1.54) is 6.42 Å². The van der Waals surface area contributed by atoms with Crippen molar-refractivity contribution in [1.29, 1.82) is 0 Å². The van der Waals surface area contributed by atoms with Crippen LogP contribution in [0.1, 0.15) is 32.1 Å². The molecule has 0 bridgehead atoms. The molecule has 0 amide bonds. The summed E-state index contributed by atoms with van der Waals surface area (Å²) >= 11 is 0. The second-order valence-corrected chi connectivity index (χ2v) is 3.49. The maximum Gasteiger partial charge on any atom is 0.0693 e. The van der Waals surface area contributed by atoms with Crippen LogP contribution in [-0.4, -0.2) is 35.5 Å². The SMILES string of the molecule is OCCCN[C@@H]1CCCC[C@H]1O. The lowest BCUT2D eigenvalue weighted by atomic mass is 9.92. The van der Waals surface area contributed by atoms with Gasteiger partial charge < -0.3 is 15.5 Å². The number of nitrogens with one attached hydrogen (secondary N) is 1. The van der Waals surface area contributed by atoms with E-state index < -0.39 is 0 Å². The zero-order valence-corrected chi connectivity index (χ0v) is 7.50. The van der Waals surface area contributed by atoms with E-state index in [1.807, 2.05) is 0 Å². The Kier molecular flexibility index (Phi) is 4.58. The molecule has 12 heavy (non-hydrogen) atoms. The first-order valence-corrected chi connectivity index (χ1v) is 4.87. The van der Waals surface area contributed by atoms with Gasteiger partial charge in [-0.05, 0) is 25.8 Å². The van der Waals surface area contributed by atoms with Gasteiger partial charge in [0.2, 0.25) is 0 Å². The first-order valence-electron chi connectivity index (χ1n) is 4.87. The van der Waals surface area contributed by atoms with Crippen molar-refractivity contribution in [1.82, 2.24) is 5.32 Å². The smallest absolute Gasteiger partial charge is 0.0693 e. The fraction of sp³-hybridized carbons (Fsp3) is 1.00. The van der Waals surface area contributed by atoms with E-state index in [4.69, 9.17) is 5.11 Å². The van der Waals surface area contributed by atoms with Gasteiger partial charge in [0.25, 0.3) is 0 Å². The summed E-state index contributed by atoms with van der Waals surface area (Å²) in [6.45, 7) is 1.05. The molecule has 0 heterocycles. The van der Waals surface area contributed by atoms with Gasteiger partial charge in [0.05, 0.1) is 6.10 Å². The lowest BCUT2D eigenvalue weighted by Crippen LogP contribution is -2.42. The average Bonchev–Trinajstić information content (AvgIpc) is 2.09. The molecule has 1 fully saturated rings. The zero-order valence-electron chi connectivity index (χ0n) is 7.50. The molecule has 3 N–H and O–H groups in total. The van der Waals surface area contributed by atoms with E-state index in [2.05, 4.69) is 5.32 Å². The summed E-state index contributed by atoms with van der Waals surface area (Å²) in [7, 11) is 0. The fourth-order valence-electron chi connectivity index (χ4n) is 1.72. The molecular weight excluding hydrogens is 154 g/mol. The Balaban J connectivity index is 2.11. The summed E-state index contributed by atoms with van der Waals surface area (Å²) in [5.74, 6) is 0. The van der Waals surface area contributed by atoms with Gasteiger partial charge in [0.15, 0.2) is 0 Å². The van der Waals surface area contributed by atoms with Crippen LogP contribution in [0.3, 0.4) is 0 Å². The highest BCUT2D eigenvalue weighted by molar-refractivity contribution is 4.79. The predicted molar refractivity (Wildman–Crippen MR) is 48.0 cm³/mol. The topological polar surface area (TPSA) is 52.5 Å². The monoisotopic (exact) mass is 173 g/mol. The zero-order chi connectivity index (χ0) is 8.81. The molecule has 0 saturated heterocycles. The van der Waals surface area contributed by atoms with Crippen LogP contribution in [0.4, 0.5) is 0 Å². The van der Waals surface area contributed by atoms with Crippen molar-refractivity contribution in [2.75, 3.05) is 13.2 Å². The lowest BCUT2D eigenvalue weighted by Gasteiger charge is -2.28. The second-order valence-electron chi connectivity index (χ2n) is 3.49. The van der Waals surface area contributed by atoms with Gasteiger partial charge in [0.1, 0.15) is 0 Å². The highest BCUT2D eigenvalue weighted by Crippen LogP contribution is 2.17. The van der Waals surface area contributed by atoms with Gasteiger partial charge in [0, 0.05) is 12.6 Å². The normalized spacial score (nSPS) is 30.5. The van der Waals surface area contributed by atoms with Crippen LogP contribution in [0.25, 0.3) is 0 Å². The minimum absolute atomic E-state index is 0.169. The summed E-state index contributed by atoms with van der Waals surface area (Å²) in [5, 5.41) is 21.4. The van der Waals surface area contributed by atoms with Crippen molar-refractivity contribution in [2.45, 2.75) is 44.2 Å². The minimum atomic E-state index is -0.169. The third-order valence-corrected chi connectivity index (χ3v) is 2.47. The van der Waals surface area contributed by atoms with Crippen LogP contribution in [0, 0.1) is 0 Å². The van der Waals surface area contributed by atoms with Crippen LogP contribution in [0.2, 0.25) is 0 Å². The predicted octanol–water partition coefficient (Wildman–Crippen LogP) is 0.262. The molecule has 0 aliphatic heterocycles. The Morgan fingerprint density at radius 1 is 1.25 bits per heavy atom. The Bertz CT molecular complexity index is 119. The van der Waals surface area contributed by atoms with E-state index in [9.17, 15) is 5.11 Å². The molecule has 0 aromatic rings. The van der Waals surface area contributed by atoms with Crippen LogP contribution in [0.15, 0.2) is 0 Å². The molecule has 0 aromatic carbocycles. The third-order valence-electron chi connectivity index (χ3n) is 2.47. The summed E-state index contributed by atoms with van der Waals surface area (Å²) in [6, 6.07) is 0.269. The number of rotatable bonds is 4. The largest absolute Gasteiger partial charge is 0.396 e. The number of hydrogen-bond acceptors (Lipinski definition) is 3. The first-order chi connectivity index (χ1) is 5.84. The number of aliphatic hydroxyl groups is 2. The summed E-state index contributed by atoms with van der Waals surface area (Å²) < 4.78 is 0. The van der Waals surface area contributed by atoms with Crippen molar-refractivity contribution in [3.8, 4) is 0 Å². The van der Waals surface area contributed by atoms with Gasteiger partial charge in [-0.1, -0.05) is 12.8 Å². The summed E-state index contributed by atoms with van der Waals surface area (Å²) in [5.41, 5.74) is 0. The van der Waals surface area contributed by atoms with Crippen LogP contribution < -0.4 is 5.32 Å². The molecule has 0 spiro atoms. The highest BCUT2D eigenvalue weighted by Gasteiger charge is 2.21. The third kappa shape index (κ3) is 3.09. The van der Waals surface area contributed by atoms with Gasteiger partial charge in [-0.2, -0.15) is 0 Å². The fourth-order valence-corrected chi connectivity index (χ4v) is 1.72. The lowest BCUT2D eigenvalue weighted by molar-refractivity contribution is 0.0901. The van der Waals surface area contributed by atoms with Gasteiger partial charge in [-0.15, -0.1) is 0 Å². The molecule has 3 heteroatoms. The number of aliphatic hydroxyl groups excluding tert-OH is 2. The Morgan fingerprint density at radius 2 is 2.00 bits per heavy atom. The molecule has 0 unspecified atom stereocenters. The van der Waals surface area contributed by atoms with Crippen LogP contribution >= 0.6 is 0 Å². The molecular formula is C9H19NO2. The molecule has 3 nitrogen and oxygen atoms in total. The van der Waals surface area contributed by atoms with Crippen molar-refractivity contribution >= 4 is 0 Å².